The van der Waals surface area contributed by atoms with Gasteiger partial charge in [0.1, 0.15) is 11.4 Å². The number of rotatable bonds is 14. The predicted molar refractivity (Wildman–Crippen MR) is 162 cm³/mol. The molecule has 0 spiro atoms. The Balaban J connectivity index is -0.000000359. The van der Waals surface area contributed by atoms with Crippen LogP contribution in [0.15, 0.2) is 76.4 Å². The van der Waals surface area contributed by atoms with E-state index in [2.05, 4.69) is 57.4 Å². The van der Waals surface area contributed by atoms with Crippen LogP contribution >= 0.6 is 7.52 Å². The minimum Gasteiger partial charge on any atom is -0.326 e. The highest BCUT2D eigenvalue weighted by molar-refractivity contribution is 7.58. The molecule has 2 unspecified atom stereocenters. The van der Waals surface area contributed by atoms with Crippen molar-refractivity contribution in [3.8, 4) is 0 Å². The smallest absolute Gasteiger partial charge is 0.326 e. The molecule has 0 amide bonds. The summed E-state index contributed by atoms with van der Waals surface area (Å²) in [5.74, 6) is -0.487. The van der Waals surface area contributed by atoms with Crippen LogP contribution in [-0.2, 0) is 9.36 Å². The summed E-state index contributed by atoms with van der Waals surface area (Å²) in [6.45, 7) is 21.2. The van der Waals surface area contributed by atoms with E-state index in [0.717, 1.165) is 37.7 Å². The molecule has 5 nitrogen and oxygen atoms in total. The average Bonchev–Trinajstić information content (AvgIpc) is 2.80. The van der Waals surface area contributed by atoms with Crippen molar-refractivity contribution in [1.82, 2.24) is 0 Å². The maximum absolute atomic E-state index is 11.6. The van der Waals surface area contributed by atoms with E-state index in [-0.39, 0.29) is 13.8 Å². The van der Waals surface area contributed by atoms with Gasteiger partial charge in [0.25, 0.3) is 0 Å². The highest BCUT2D eigenvalue weighted by atomic mass is 31.2. The Morgan fingerprint density at radius 2 is 1.50 bits per heavy atom. The Labute approximate surface area is 222 Å². The maximum Gasteiger partial charge on any atom is 0.360 e. The Bertz CT molecular complexity index is 813. The van der Waals surface area contributed by atoms with Crippen molar-refractivity contribution in [3.05, 3.63) is 76.3 Å². The molecular weight excluding hydrogens is 469 g/mol. The molecule has 0 saturated carbocycles. The summed E-state index contributed by atoms with van der Waals surface area (Å²) in [5.41, 5.74) is 3.79. The molecule has 0 saturated heterocycles. The zero-order chi connectivity index (χ0) is 27.9. The van der Waals surface area contributed by atoms with Crippen LogP contribution in [-0.4, -0.2) is 16.3 Å². The van der Waals surface area contributed by atoms with Crippen molar-refractivity contribution in [3.63, 3.8) is 0 Å². The van der Waals surface area contributed by atoms with Crippen molar-refractivity contribution in [2.45, 2.75) is 114 Å². The molecule has 0 aliphatic heterocycles. The zero-order valence-corrected chi connectivity index (χ0v) is 24.5. The van der Waals surface area contributed by atoms with Gasteiger partial charge < -0.3 is 4.89 Å². The van der Waals surface area contributed by atoms with Crippen LogP contribution in [0.4, 0.5) is 0 Å². The van der Waals surface area contributed by atoms with Crippen molar-refractivity contribution >= 4 is 13.3 Å². The Morgan fingerprint density at radius 3 is 1.89 bits per heavy atom. The largest absolute Gasteiger partial charge is 0.360 e. The topological polar surface area (TPSA) is 83.8 Å². The molecule has 0 heterocycles. The Kier molecular flexibility index (Phi) is 29.6. The van der Waals surface area contributed by atoms with Crippen LogP contribution in [0.3, 0.4) is 0 Å². The van der Waals surface area contributed by atoms with E-state index in [4.69, 9.17) is 0 Å². The van der Waals surface area contributed by atoms with Crippen molar-refractivity contribution in [1.29, 1.82) is 0 Å². The van der Waals surface area contributed by atoms with Crippen LogP contribution in [0.1, 0.15) is 108 Å². The second kappa shape index (κ2) is 26.0. The van der Waals surface area contributed by atoms with E-state index in [1.807, 2.05) is 45.9 Å². The third-order valence-electron chi connectivity index (χ3n) is 4.93. The fourth-order valence-corrected chi connectivity index (χ4v) is 3.87. The molecule has 0 fully saturated rings. The predicted octanol–water partition coefficient (Wildman–Crippen LogP) is 10.5. The van der Waals surface area contributed by atoms with Gasteiger partial charge in [0.15, 0.2) is 0 Å². The van der Waals surface area contributed by atoms with Gasteiger partial charge in [0.2, 0.25) is 0 Å². The van der Waals surface area contributed by atoms with Crippen LogP contribution < -0.4 is 0 Å². The molecule has 2 atom stereocenters. The molecule has 6 heteroatoms. The zero-order valence-electron chi connectivity index (χ0n) is 23.6. The number of allylic oxidation sites excluding steroid dienone is 11. The van der Waals surface area contributed by atoms with Crippen molar-refractivity contribution in [2.75, 3.05) is 0 Å². The molecule has 36 heavy (non-hydrogen) atoms. The molecule has 0 aromatic heterocycles. The minimum atomic E-state index is -4.30. The molecule has 0 bridgehead atoms. The normalized spacial score (nSPS) is 14.1. The van der Waals surface area contributed by atoms with Gasteiger partial charge >= 0.3 is 7.52 Å². The SMILES string of the molecule is C.C=C/C=C(\C=C/C)CC.CC.CC(=O)C(C/C=C(\C)CC/C=C(\C)CCC=C(C)C)P(=O)(O)N=O. The summed E-state index contributed by atoms with van der Waals surface area (Å²) >= 11 is 0. The van der Waals surface area contributed by atoms with E-state index in [9.17, 15) is 19.2 Å². The second-order valence-electron chi connectivity index (χ2n) is 8.32. The van der Waals surface area contributed by atoms with Gasteiger partial charge in [-0.05, 0) is 85.6 Å². The van der Waals surface area contributed by atoms with Gasteiger partial charge in [-0.25, -0.2) is 0 Å². The minimum absolute atomic E-state index is 0. The van der Waals surface area contributed by atoms with Gasteiger partial charge in [0.05, 0.1) is 0 Å². The van der Waals surface area contributed by atoms with Gasteiger partial charge in [-0.3, -0.25) is 9.36 Å². The molecule has 0 aromatic carbocycles. The third kappa shape index (κ3) is 23.6. The second-order valence-corrected chi connectivity index (χ2v) is 10.3. The van der Waals surface area contributed by atoms with Gasteiger partial charge in [-0.1, -0.05) is 94.0 Å². The number of carbonyl (C=O) groups excluding carboxylic acids is 1. The Morgan fingerprint density at radius 1 is 1.00 bits per heavy atom. The first-order chi connectivity index (χ1) is 16.4. The van der Waals surface area contributed by atoms with Crippen LogP contribution in [0.2, 0.25) is 0 Å². The molecule has 0 rings (SSSR count). The van der Waals surface area contributed by atoms with E-state index in [1.165, 1.54) is 23.6 Å². The van der Waals surface area contributed by atoms with Crippen LogP contribution in [0.5, 0.6) is 0 Å². The van der Waals surface area contributed by atoms with Crippen LogP contribution in [0.25, 0.3) is 0 Å². The van der Waals surface area contributed by atoms with Crippen molar-refractivity contribution < 1.29 is 14.3 Å². The van der Waals surface area contributed by atoms with E-state index in [1.54, 1.807) is 6.08 Å². The molecule has 1 N–H and O–H groups in total. The summed E-state index contributed by atoms with van der Waals surface area (Å²) in [5, 5.41) is 0. The summed E-state index contributed by atoms with van der Waals surface area (Å²) < 4.78 is 11.6. The lowest BCUT2D eigenvalue weighted by Crippen LogP contribution is -2.16. The van der Waals surface area contributed by atoms with Gasteiger partial charge in [0, 0.05) is 4.95 Å². The van der Waals surface area contributed by atoms with E-state index >= 15 is 0 Å². The number of ketones is 1. The summed E-state index contributed by atoms with van der Waals surface area (Å²) in [6, 6.07) is 0. The highest BCUT2D eigenvalue weighted by Crippen LogP contribution is 2.49. The average molecular weight is 524 g/mol. The van der Waals surface area contributed by atoms with Crippen LogP contribution in [0, 0.1) is 4.91 Å². The maximum atomic E-state index is 11.6. The number of nitroso groups, excluding NO2 is 1. The number of Topliss-reactive ketones (excluding diaryl/α,β-unsaturated/α-hetero) is 1. The quantitative estimate of drug-likeness (QED) is 0.106. The van der Waals surface area contributed by atoms with Gasteiger partial charge in [-0.2, -0.15) is 0 Å². The van der Waals surface area contributed by atoms with Crippen molar-refractivity contribution in [2.24, 2.45) is 4.95 Å². The monoisotopic (exact) mass is 523 g/mol. The fraction of sp³-hybridized carbons (Fsp3) is 0.567. The fourth-order valence-electron chi connectivity index (χ4n) is 2.91. The molecular formula is C30H54NO4P. The number of hydrogen-bond acceptors (Lipinski definition) is 3. The number of hydrogen-bond donors (Lipinski definition) is 1. The third-order valence-corrected chi connectivity index (χ3v) is 6.55. The lowest BCUT2D eigenvalue weighted by Gasteiger charge is -2.12. The van der Waals surface area contributed by atoms with E-state index in [0.29, 0.717) is 0 Å². The Hall–Kier alpha value is -2.10. The number of carbonyl (C=O) groups is 1. The molecule has 0 aliphatic rings. The molecule has 0 aliphatic carbocycles. The first kappa shape index (κ1) is 41.0. The first-order valence-corrected chi connectivity index (χ1v) is 14.2. The summed E-state index contributed by atoms with van der Waals surface area (Å²) in [7, 11) is -4.30. The standard InChI is InChI=1S/C18H30NO4P.C9H14.C2H6.CH4/c1-14(2)8-6-9-15(3)10-7-11-16(4)12-13-18(17(5)20)24(22,23)19-21;1-4-7-9(6-3)8-5-2;1-2;/h8,10,12,18H,6-7,9,11,13H2,1-5H3,(H,22,23);4-5,7-8H,1,6H2,2-3H3;1-2H3;1H4/b15-10+,16-12+;8-5-,9-7-;;. The lowest BCUT2D eigenvalue weighted by atomic mass is 10.1. The highest BCUT2D eigenvalue weighted by Gasteiger charge is 2.35. The van der Waals surface area contributed by atoms with E-state index < -0.39 is 19.0 Å². The molecule has 0 aromatic rings. The molecule has 208 valence electrons. The lowest BCUT2D eigenvalue weighted by molar-refractivity contribution is -0.116. The first-order valence-electron chi connectivity index (χ1n) is 12.5. The summed E-state index contributed by atoms with van der Waals surface area (Å²) in [6.07, 6.45) is 19.1. The molecule has 0 radical (unpaired) electrons. The number of nitrogens with zero attached hydrogens (tertiary/aromatic N) is 1. The van der Waals surface area contributed by atoms with Gasteiger partial charge in [-0.15, -0.1) is 4.91 Å². The summed E-state index contributed by atoms with van der Waals surface area (Å²) in [4.78, 5) is 33.6.